The van der Waals surface area contributed by atoms with Crippen molar-refractivity contribution in [3.63, 3.8) is 0 Å². The fourth-order valence-corrected chi connectivity index (χ4v) is 0.801. The molecule has 0 aromatic carbocycles. The zero-order valence-electron chi connectivity index (χ0n) is 7.04. The predicted octanol–water partition coefficient (Wildman–Crippen LogP) is -0.809. The van der Waals surface area contributed by atoms with E-state index in [1.54, 1.807) is 13.2 Å². The minimum absolute atomic E-state index is 0. The summed E-state index contributed by atoms with van der Waals surface area (Å²) in [6, 6.07) is -0.901. The van der Waals surface area contributed by atoms with Crippen molar-refractivity contribution in [1.29, 1.82) is 0 Å². The summed E-state index contributed by atoms with van der Waals surface area (Å²) in [5, 5.41) is 15.8. The monoisotopic (exact) mass is 206 g/mol. The van der Waals surface area contributed by atoms with E-state index in [0.717, 1.165) is 0 Å². The van der Waals surface area contributed by atoms with Gasteiger partial charge in [-0.25, -0.2) is 0 Å². The minimum Gasteiger partial charge on any atom is -0.480 e. The number of hydrogen-bond donors (Lipinski definition) is 2. The van der Waals surface area contributed by atoms with Gasteiger partial charge in [-0.1, -0.05) is 5.21 Å². The average molecular weight is 207 g/mol. The number of hydrogen-bond acceptors (Lipinski definition) is 4. The average Bonchev–Trinajstić information content (AvgIpc) is 2.35. The number of carbonyl (C=O) groups is 1. The van der Waals surface area contributed by atoms with Crippen molar-refractivity contribution in [2.75, 3.05) is 0 Å². The van der Waals surface area contributed by atoms with E-state index in [1.165, 1.54) is 4.68 Å². The normalized spacial score (nSPS) is 11.8. The molecule has 13 heavy (non-hydrogen) atoms. The third-order valence-electron chi connectivity index (χ3n) is 1.40. The molecule has 0 fully saturated rings. The molecule has 6 nitrogen and oxygen atoms in total. The molecule has 7 heteroatoms. The summed E-state index contributed by atoms with van der Waals surface area (Å²) in [6.45, 7) is 0. The van der Waals surface area contributed by atoms with Crippen molar-refractivity contribution in [2.24, 2.45) is 12.8 Å². The minimum atomic E-state index is -1.03. The molecule has 0 radical (unpaired) electrons. The molecule has 0 aliphatic carbocycles. The van der Waals surface area contributed by atoms with E-state index < -0.39 is 12.0 Å². The fourth-order valence-electron chi connectivity index (χ4n) is 0.801. The lowest BCUT2D eigenvalue weighted by Crippen LogP contribution is -2.32. The number of carboxylic acids is 1. The first-order valence-corrected chi connectivity index (χ1v) is 3.43. The Morgan fingerprint density at radius 1 is 1.85 bits per heavy atom. The van der Waals surface area contributed by atoms with Crippen molar-refractivity contribution in [2.45, 2.75) is 12.5 Å². The van der Waals surface area contributed by atoms with Crippen molar-refractivity contribution < 1.29 is 9.90 Å². The van der Waals surface area contributed by atoms with Gasteiger partial charge < -0.3 is 10.8 Å². The molecule has 1 heterocycles. The molecule has 0 saturated heterocycles. The maximum absolute atomic E-state index is 10.3. The third-order valence-corrected chi connectivity index (χ3v) is 1.40. The van der Waals surface area contributed by atoms with Crippen LogP contribution in [0.25, 0.3) is 0 Å². The van der Waals surface area contributed by atoms with Crippen LogP contribution in [0.5, 0.6) is 0 Å². The summed E-state index contributed by atoms with van der Waals surface area (Å²) in [4.78, 5) is 10.3. The number of aliphatic carboxylic acids is 1. The van der Waals surface area contributed by atoms with Gasteiger partial charge in [-0.15, -0.1) is 17.5 Å². The van der Waals surface area contributed by atoms with Crippen LogP contribution < -0.4 is 5.73 Å². The first kappa shape index (κ1) is 11.9. The van der Waals surface area contributed by atoms with Gasteiger partial charge in [0.1, 0.15) is 6.04 Å². The Hall–Kier alpha value is -1.14. The van der Waals surface area contributed by atoms with Gasteiger partial charge in [0.05, 0.1) is 5.69 Å². The molecule has 3 N–H and O–H groups in total. The quantitative estimate of drug-likeness (QED) is 0.675. The highest BCUT2D eigenvalue weighted by Crippen LogP contribution is 1.95. The third kappa shape index (κ3) is 3.39. The molecule has 1 atom stereocenters. The second-order valence-corrected chi connectivity index (χ2v) is 2.53. The van der Waals surface area contributed by atoms with E-state index in [-0.39, 0.29) is 18.8 Å². The van der Waals surface area contributed by atoms with Crippen LogP contribution in [0.4, 0.5) is 0 Å². The summed E-state index contributed by atoms with van der Waals surface area (Å²) in [6.07, 6.45) is 1.85. The number of aryl methyl sites for hydroxylation is 1. The number of carboxylic acid groups (broad SMARTS) is 1. The first-order chi connectivity index (χ1) is 5.59. The van der Waals surface area contributed by atoms with E-state index in [4.69, 9.17) is 10.8 Å². The molecule has 1 rings (SSSR count). The Labute approximate surface area is 81.1 Å². The molecule has 0 spiro atoms. The van der Waals surface area contributed by atoms with Gasteiger partial charge in [-0.2, -0.15) is 0 Å². The topological polar surface area (TPSA) is 94.0 Å². The Balaban J connectivity index is 0.00000144. The van der Waals surface area contributed by atoms with Gasteiger partial charge in [0.2, 0.25) is 0 Å². The smallest absolute Gasteiger partial charge is 0.320 e. The SMILES string of the molecule is Cl.Cn1cc(CC(N)C(=O)O)nn1. The number of nitrogens with two attached hydrogens (primary N) is 1. The molecule has 0 amide bonds. The fraction of sp³-hybridized carbons (Fsp3) is 0.500. The van der Waals surface area contributed by atoms with E-state index in [0.29, 0.717) is 5.69 Å². The number of aromatic nitrogens is 3. The molecular weight excluding hydrogens is 196 g/mol. The second kappa shape index (κ2) is 4.78. The predicted molar refractivity (Wildman–Crippen MR) is 47.6 cm³/mol. The molecule has 74 valence electrons. The molecule has 0 aliphatic rings. The van der Waals surface area contributed by atoms with Crippen LogP contribution >= 0.6 is 12.4 Å². The lowest BCUT2D eigenvalue weighted by atomic mass is 10.2. The zero-order valence-corrected chi connectivity index (χ0v) is 7.86. The number of nitrogens with zero attached hydrogens (tertiary/aromatic N) is 3. The molecule has 0 bridgehead atoms. The van der Waals surface area contributed by atoms with Gasteiger partial charge in [-0.3, -0.25) is 9.48 Å². The second-order valence-electron chi connectivity index (χ2n) is 2.53. The van der Waals surface area contributed by atoms with Gasteiger partial charge in [0.25, 0.3) is 0 Å². The molecular formula is C6H11ClN4O2. The van der Waals surface area contributed by atoms with Crippen molar-refractivity contribution in [3.8, 4) is 0 Å². The van der Waals surface area contributed by atoms with E-state index in [1.807, 2.05) is 0 Å². The molecule has 1 aromatic rings. The van der Waals surface area contributed by atoms with Gasteiger partial charge >= 0.3 is 5.97 Å². The van der Waals surface area contributed by atoms with Crippen LogP contribution in [0.2, 0.25) is 0 Å². The highest BCUT2D eigenvalue weighted by molar-refractivity contribution is 5.85. The van der Waals surface area contributed by atoms with E-state index in [2.05, 4.69) is 10.3 Å². The van der Waals surface area contributed by atoms with Crippen molar-refractivity contribution in [1.82, 2.24) is 15.0 Å². The summed E-state index contributed by atoms with van der Waals surface area (Å²) in [5.74, 6) is -1.03. The summed E-state index contributed by atoms with van der Waals surface area (Å²) in [5.41, 5.74) is 5.87. The molecule has 0 aliphatic heterocycles. The molecule has 0 saturated carbocycles. The largest absolute Gasteiger partial charge is 0.480 e. The first-order valence-electron chi connectivity index (χ1n) is 3.43. The summed E-state index contributed by atoms with van der Waals surface area (Å²) < 4.78 is 1.50. The maximum Gasteiger partial charge on any atom is 0.320 e. The Bertz CT molecular complexity index is 288. The summed E-state index contributed by atoms with van der Waals surface area (Å²) in [7, 11) is 1.71. The van der Waals surface area contributed by atoms with Crippen molar-refractivity contribution >= 4 is 18.4 Å². The van der Waals surface area contributed by atoms with Crippen LogP contribution in [0, 0.1) is 0 Å². The molecule has 1 unspecified atom stereocenters. The van der Waals surface area contributed by atoms with Crippen molar-refractivity contribution in [3.05, 3.63) is 11.9 Å². The maximum atomic E-state index is 10.3. The lowest BCUT2D eigenvalue weighted by molar-refractivity contribution is -0.138. The van der Waals surface area contributed by atoms with Gasteiger partial charge in [0.15, 0.2) is 0 Å². The standard InChI is InChI=1S/C6H10N4O2.ClH/c1-10-3-4(8-9-10)2-5(7)6(11)12;/h3,5H,2,7H2,1H3,(H,11,12);1H. The molecule has 1 aromatic heterocycles. The van der Waals surface area contributed by atoms with Crippen LogP contribution in [0.1, 0.15) is 5.69 Å². The van der Waals surface area contributed by atoms with Crippen LogP contribution in [-0.2, 0) is 18.3 Å². The number of rotatable bonds is 3. The number of halogens is 1. The van der Waals surface area contributed by atoms with Gasteiger partial charge in [0, 0.05) is 19.7 Å². The highest BCUT2D eigenvalue weighted by Gasteiger charge is 2.13. The highest BCUT2D eigenvalue weighted by atomic mass is 35.5. The Morgan fingerprint density at radius 3 is 2.85 bits per heavy atom. The van der Waals surface area contributed by atoms with Crippen LogP contribution in [0.15, 0.2) is 6.20 Å². The van der Waals surface area contributed by atoms with Gasteiger partial charge in [-0.05, 0) is 0 Å². The Kier molecular flexibility index (Phi) is 4.36. The summed E-state index contributed by atoms with van der Waals surface area (Å²) >= 11 is 0. The Morgan fingerprint density at radius 2 is 2.46 bits per heavy atom. The van der Waals surface area contributed by atoms with Crippen LogP contribution in [0.3, 0.4) is 0 Å². The van der Waals surface area contributed by atoms with E-state index >= 15 is 0 Å². The van der Waals surface area contributed by atoms with E-state index in [9.17, 15) is 4.79 Å². The zero-order chi connectivity index (χ0) is 9.14. The van der Waals surface area contributed by atoms with Crippen LogP contribution in [-0.4, -0.2) is 32.1 Å². The lowest BCUT2D eigenvalue weighted by Gasteiger charge is -2.00.